The molecular formula is C19H29NO. The molecule has 0 saturated carbocycles. The molecule has 3 rings (SSSR count). The van der Waals surface area contributed by atoms with Crippen LogP contribution >= 0.6 is 0 Å². The van der Waals surface area contributed by atoms with Gasteiger partial charge in [0.2, 0.25) is 0 Å². The number of hydrogen-bond donors (Lipinski definition) is 1. The Morgan fingerprint density at radius 3 is 3.00 bits per heavy atom. The molecule has 1 aromatic carbocycles. The van der Waals surface area contributed by atoms with Gasteiger partial charge in [0.25, 0.3) is 0 Å². The van der Waals surface area contributed by atoms with Crippen LogP contribution in [0.2, 0.25) is 0 Å². The van der Waals surface area contributed by atoms with E-state index in [0.29, 0.717) is 12.0 Å². The molecule has 0 radical (unpaired) electrons. The van der Waals surface area contributed by atoms with Crippen LogP contribution in [-0.2, 0) is 11.2 Å². The van der Waals surface area contributed by atoms with E-state index in [1.54, 1.807) is 11.1 Å². The Morgan fingerprint density at radius 2 is 2.14 bits per heavy atom. The van der Waals surface area contributed by atoms with Gasteiger partial charge in [-0.3, -0.25) is 0 Å². The van der Waals surface area contributed by atoms with Gasteiger partial charge in [0, 0.05) is 25.8 Å². The van der Waals surface area contributed by atoms with E-state index in [-0.39, 0.29) is 0 Å². The molecule has 0 bridgehead atoms. The summed E-state index contributed by atoms with van der Waals surface area (Å²) in [5.41, 5.74) is 3.18. The molecule has 1 fully saturated rings. The molecule has 1 aromatic rings. The van der Waals surface area contributed by atoms with E-state index >= 15 is 0 Å². The zero-order valence-corrected chi connectivity index (χ0v) is 13.3. The van der Waals surface area contributed by atoms with Crippen LogP contribution in [0.3, 0.4) is 0 Å². The van der Waals surface area contributed by atoms with Crippen LogP contribution in [0.25, 0.3) is 0 Å². The fourth-order valence-corrected chi connectivity index (χ4v) is 3.93. The SMILES string of the molecule is CC(CC1CCOC1)NCC1CCCCc2ccccc21. The van der Waals surface area contributed by atoms with Crippen molar-refractivity contribution >= 4 is 0 Å². The van der Waals surface area contributed by atoms with Gasteiger partial charge in [-0.25, -0.2) is 0 Å². The van der Waals surface area contributed by atoms with Gasteiger partial charge in [0.1, 0.15) is 0 Å². The van der Waals surface area contributed by atoms with Gasteiger partial charge in [-0.1, -0.05) is 30.7 Å². The van der Waals surface area contributed by atoms with Crippen molar-refractivity contribution in [2.75, 3.05) is 19.8 Å². The summed E-state index contributed by atoms with van der Waals surface area (Å²) >= 11 is 0. The fourth-order valence-electron chi connectivity index (χ4n) is 3.93. The van der Waals surface area contributed by atoms with E-state index in [1.165, 1.54) is 38.5 Å². The number of ether oxygens (including phenoxy) is 1. The van der Waals surface area contributed by atoms with Crippen molar-refractivity contribution in [3.05, 3.63) is 35.4 Å². The van der Waals surface area contributed by atoms with E-state index in [0.717, 1.165) is 25.7 Å². The molecule has 2 heteroatoms. The Kier molecular flexibility index (Phi) is 5.32. The molecular weight excluding hydrogens is 258 g/mol. The summed E-state index contributed by atoms with van der Waals surface area (Å²) in [5, 5.41) is 3.79. The second-order valence-electron chi connectivity index (χ2n) is 6.92. The molecule has 0 spiro atoms. The predicted molar refractivity (Wildman–Crippen MR) is 87.7 cm³/mol. The third-order valence-corrected chi connectivity index (χ3v) is 5.17. The van der Waals surface area contributed by atoms with Gasteiger partial charge in [0.15, 0.2) is 0 Å². The molecule has 2 nitrogen and oxygen atoms in total. The topological polar surface area (TPSA) is 21.3 Å². The summed E-state index contributed by atoms with van der Waals surface area (Å²) in [7, 11) is 0. The summed E-state index contributed by atoms with van der Waals surface area (Å²) in [5.74, 6) is 1.47. The highest BCUT2D eigenvalue weighted by Crippen LogP contribution is 2.30. The molecule has 3 atom stereocenters. The van der Waals surface area contributed by atoms with Gasteiger partial charge in [-0.15, -0.1) is 0 Å². The van der Waals surface area contributed by atoms with Gasteiger partial charge >= 0.3 is 0 Å². The van der Waals surface area contributed by atoms with Gasteiger partial charge in [0.05, 0.1) is 0 Å². The summed E-state index contributed by atoms with van der Waals surface area (Å²) < 4.78 is 5.49. The molecule has 1 N–H and O–H groups in total. The summed E-state index contributed by atoms with van der Waals surface area (Å²) in [6.07, 6.45) is 7.83. The molecule has 0 aromatic heterocycles. The van der Waals surface area contributed by atoms with Crippen LogP contribution < -0.4 is 5.32 Å². The van der Waals surface area contributed by atoms with Crippen molar-refractivity contribution in [1.29, 1.82) is 0 Å². The highest BCUT2D eigenvalue weighted by Gasteiger charge is 2.21. The van der Waals surface area contributed by atoms with Crippen molar-refractivity contribution in [2.45, 2.75) is 57.4 Å². The van der Waals surface area contributed by atoms with Crippen LogP contribution in [0.4, 0.5) is 0 Å². The van der Waals surface area contributed by atoms with Crippen LogP contribution in [0, 0.1) is 5.92 Å². The summed E-state index contributed by atoms with van der Waals surface area (Å²) in [6, 6.07) is 9.68. The van der Waals surface area contributed by atoms with Crippen molar-refractivity contribution in [2.24, 2.45) is 5.92 Å². The first-order valence-electron chi connectivity index (χ1n) is 8.72. The van der Waals surface area contributed by atoms with E-state index in [9.17, 15) is 0 Å². The lowest BCUT2D eigenvalue weighted by Crippen LogP contribution is -2.32. The first-order valence-corrected chi connectivity index (χ1v) is 8.72. The lowest BCUT2D eigenvalue weighted by molar-refractivity contribution is 0.182. The standard InChI is InChI=1S/C19H29NO/c1-15(12-16-10-11-21-14-16)20-13-18-8-3-2-6-17-7-4-5-9-19(17)18/h4-5,7,9,15-16,18,20H,2-3,6,8,10-14H2,1H3. The first-order chi connectivity index (χ1) is 10.3. The van der Waals surface area contributed by atoms with E-state index in [4.69, 9.17) is 4.74 Å². The minimum Gasteiger partial charge on any atom is -0.381 e. The average Bonchev–Trinajstić information content (AvgIpc) is 2.91. The fraction of sp³-hybridized carbons (Fsp3) is 0.684. The summed E-state index contributed by atoms with van der Waals surface area (Å²) in [4.78, 5) is 0. The minimum absolute atomic E-state index is 0.604. The van der Waals surface area contributed by atoms with E-state index in [2.05, 4.69) is 36.5 Å². The second kappa shape index (κ2) is 7.42. The van der Waals surface area contributed by atoms with Gasteiger partial charge in [-0.05, 0) is 62.0 Å². The lowest BCUT2D eigenvalue weighted by atomic mass is 9.92. The smallest absolute Gasteiger partial charge is 0.0495 e. The molecule has 1 saturated heterocycles. The van der Waals surface area contributed by atoms with E-state index in [1.807, 2.05) is 0 Å². The van der Waals surface area contributed by atoms with Crippen molar-refractivity contribution in [1.82, 2.24) is 5.32 Å². The van der Waals surface area contributed by atoms with Crippen molar-refractivity contribution in [3.8, 4) is 0 Å². The van der Waals surface area contributed by atoms with Crippen LogP contribution in [0.5, 0.6) is 0 Å². The number of rotatable bonds is 5. The number of aryl methyl sites for hydroxylation is 1. The molecule has 116 valence electrons. The van der Waals surface area contributed by atoms with E-state index < -0.39 is 0 Å². The Hall–Kier alpha value is -0.860. The molecule has 1 aliphatic carbocycles. The normalized spacial score (nSPS) is 27.1. The zero-order valence-electron chi connectivity index (χ0n) is 13.3. The Bertz CT molecular complexity index is 439. The molecule has 2 aliphatic rings. The predicted octanol–water partition coefficient (Wildman–Crippen LogP) is 3.90. The monoisotopic (exact) mass is 287 g/mol. The molecule has 0 amide bonds. The zero-order chi connectivity index (χ0) is 14.5. The molecule has 3 unspecified atom stereocenters. The molecule has 21 heavy (non-hydrogen) atoms. The third kappa shape index (κ3) is 4.08. The lowest BCUT2D eigenvalue weighted by Gasteiger charge is -2.23. The maximum Gasteiger partial charge on any atom is 0.0495 e. The third-order valence-electron chi connectivity index (χ3n) is 5.17. The van der Waals surface area contributed by atoms with Crippen LogP contribution in [0.1, 0.15) is 56.1 Å². The van der Waals surface area contributed by atoms with Gasteiger partial charge < -0.3 is 10.1 Å². The maximum absolute atomic E-state index is 5.49. The minimum atomic E-state index is 0.604. The van der Waals surface area contributed by atoms with Crippen molar-refractivity contribution in [3.63, 3.8) is 0 Å². The summed E-state index contributed by atoms with van der Waals surface area (Å²) in [6.45, 7) is 5.40. The van der Waals surface area contributed by atoms with Gasteiger partial charge in [-0.2, -0.15) is 0 Å². The Labute approximate surface area is 129 Å². The van der Waals surface area contributed by atoms with Crippen LogP contribution in [0.15, 0.2) is 24.3 Å². The second-order valence-corrected chi connectivity index (χ2v) is 6.92. The highest BCUT2D eigenvalue weighted by atomic mass is 16.5. The number of benzene rings is 1. The Morgan fingerprint density at radius 1 is 1.24 bits per heavy atom. The van der Waals surface area contributed by atoms with Crippen LogP contribution in [-0.4, -0.2) is 25.8 Å². The molecule has 1 heterocycles. The quantitative estimate of drug-likeness (QED) is 0.829. The largest absolute Gasteiger partial charge is 0.381 e. The number of nitrogens with one attached hydrogen (secondary N) is 1. The first kappa shape index (κ1) is 15.1. The van der Waals surface area contributed by atoms with Crippen molar-refractivity contribution < 1.29 is 4.74 Å². The molecule has 1 aliphatic heterocycles. The number of fused-ring (bicyclic) bond motifs is 1. The number of hydrogen-bond acceptors (Lipinski definition) is 2. The average molecular weight is 287 g/mol. The Balaban J connectivity index is 1.54. The maximum atomic E-state index is 5.49. The highest BCUT2D eigenvalue weighted by molar-refractivity contribution is 5.31.